The molecule has 0 saturated heterocycles. The molecule has 0 aliphatic heterocycles. The molecule has 0 aliphatic carbocycles. The Kier molecular flexibility index (Phi) is 6.76. The third kappa shape index (κ3) is 3.60. The number of rotatable bonds is 4. The molecule has 0 aliphatic rings. The number of carbonyl (C=O) groups is 1. The summed E-state index contributed by atoms with van der Waals surface area (Å²) in [5.41, 5.74) is 0. The molecule has 8 N–H and O–H groups in total. The first-order valence-electron chi connectivity index (χ1n) is 2.86. The van der Waals surface area contributed by atoms with E-state index < -0.39 is 30.9 Å². The third-order valence-electron chi connectivity index (χ3n) is 1.15. The van der Waals surface area contributed by atoms with Crippen molar-refractivity contribution in [2.45, 2.75) is 18.3 Å². The van der Waals surface area contributed by atoms with Crippen LogP contribution in [0.25, 0.3) is 0 Å². The molecular weight excluding hydrogens is 170 g/mol. The lowest BCUT2D eigenvalue weighted by Crippen LogP contribution is -2.49. The summed E-state index contributed by atoms with van der Waals surface area (Å²) in [6.07, 6.45) is -5.79. The minimum atomic E-state index is -2.18. The van der Waals surface area contributed by atoms with Crippen molar-refractivity contribution >= 4 is 5.97 Å². The van der Waals surface area contributed by atoms with E-state index in [4.69, 9.17) is 20.4 Å². The zero-order chi connectivity index (χ0) is 9.02. The Labute approximate surface area is 68.5 Å². The first-order chi connectivity index (χ1) is 5.00. The molecule has 0 unspecified atom stereocenters. The Balaban J connectivity index is 0. The number of aliphatic carboxylic acids is 1. The number of aliphatic hydroxyl groups excluding tert-OH is 4. The topological polar surface area (TPSA) is 158 Å². The van der Waals surface area contributed by atoms with E-state index in [9.17, 15) is 9.90 Å². The van der Waals surface area contributed by atoms with Gasteiger partial charge in [-0.25, -0.2) is 0 Å². The minimum absolute atomic E-state index is 0. The summed E-state index contributed by atoms with van der Waals surface area (Å²) in [5, 5.41) is 43.8. The van der Waals surface area contributed by atoms with Gasteiger partial charge in [0, 0.05) is 0 Å². The zero-order valence-corrected chi connectivity index (χ0v) is 6.54. The fourth-order valence-corrected chi connectivity index (χ4v) is 0.458. The number of aliphatic hydroxyl groups is 4. The summed E-state index contributed by atoms with van der Waals surface area (Å²) >= 11 is 0. The van der Waals surface area contributed by atoms with Crippen LogP contribution < -0.4 is 11.3 Å². The quantitative estimate of drug-likeness (QED) is 0.300. The van der Waals surface area contributed by atoms with Crippen molar-refractivity contribution in [2.75, 3.05) is 6.61 Å². The lowest BCUT2D eigenvalue weighted by molar-refractivity contribution is -0.319. The van der Waals surface area contributed by atoms with Gasteiger partial charge in [0.1, 0.15) is 18.3 Å². The van der Waals surface area contributed by atoms with E-state index in [2.05, 4.69) is 0 Å². The Bertz CT molecular complexity index is 140. The van der Waals surface area contributed by atoms with E-state index in [1.807, 2.05) is 0 Å². The van der Waals surface area contributed by atoms with Crippen LogP contribution in [0.3, 0.4) is 0 Å². The lowest BCUT2D eigenvalue weighted by Gasteiger charge is -2.21. The number of carboxylic acid groups (broad SMARTS) is 1. The van der Waals surface area contributed by atoms with E-state index in [0.717, 1.165) is 0 Å². The Morgan fingerprint density at radius 3 is 2.00 bits per heavy atom. The molecular formula is C5H13NO6. The van der Waals surface area contributed by atoms with Crippen LogP contribution in [0.1, 0.15) is 0 Å². The normalized spacial score (nSPS) is 17.3. The van der Waals surface area contributed by atoms with Gasteiger partial charge in [-0.3, -0.25) is 0 Å². The van der Waals surface area contributed by atoms with Crippen molar-refractivity contribution in [1.29, 1.82) is 0 Å². The number of carbonyl (C=O) groups excluding carboxylic acids is 1. The average molecular weight is 183 g/mol. The molecule has 0 radical (unpaired) electrons. The van der Waals surface area contributed by atoms with Gasteiger partial charge in [0.2, 0.25) is 0 Å². The summed E-state index contributed by atoms with van der Waals surface area (Å²) in [6, 6.07) is 0. The number of quaternary nitrogens is 1. The van der Waals surface area contributed by atoms with Crippen LogP contribution >= 0.6 is 0 Å². The van der Waals surface area contributed by atoms with E-state index in [1.54, 1.807) is 0 Å². The maximum absolute atomic E-state index is 9.85. The molecule has 0 heterocycles. The summed E-state index contributed by atoms with van der Waals surface area (Å²) < 4.78 is 0. The van der Waals surface area contributed by atoms with Gasteiger partial charge in [0.15, 0.2) is 0 Å². The standard InChI is InChI=1S/C5H10O6.H3N/c6-1-2(7)3(8)4(9)5(10)11;/h2-4,6-9H,1H2,(H,10,11);1H3/t2-,3+,4-;/m1./s1. The number of hydrogen-bond donors (Lipinski definition) is 5. The lowest BCUT2D eigenvalue weighted by atomic mass is 10.1. The van der Waals surface area contributed by atoms with Gasteiger partial charge in [0.05, 0.1) is 12.6 Å². The van der Waals surface area contributed by atoms with Gasteiger partial charge in [-0.15, -0.1) is 0 Å². The van der Waals surface area contributed by atoms with Gasteiger partial charge in [-0.1, -0.05) is 0 Å². The van der Waals surface area contributed by atoms with Gasteiger partial charge in [-0.2, -0.15) is 0 Å². The van der Waals surface area contributed by atoms with E-state index in [1.165, 1.54) is 0 Å². The van der Waals surface area contributed by atoms with Gasteiger partial charge in [0.25, 0.3) is 0 Å². The summed E-state index contributed by atoms with van der Waals surface area (Å²) in [6.45, 7) is -0.828. The van der Waals surface area contributed by atoms with Gasteiger partial charge in [-0.05, 0) is 0 Å². The van der Waals surface area contributed by atoms with E-state index in [0.29, 0.717) is 0 Å². The SMILES string of the molecule is O=C([O-])[C@H](O)[C@@H](O)[C@H](O)CO.[NH4+]. The predicted octanol–water partition coefficient (Wildman–Crippen LogP) is -3.81. The summed E-state index contributed by atoms with van der Waals surface area (Å²) in [7, 11) is 0. The molecule has 0 aromatic carbocycles. The Hall–Kier alpha value is -0.730. The van der Waals surface area contributed by atoms with Crippen LogP contribution in [0.2, 0.25) is 0 Å². The molecule has 7 nitrogen and oxygen atoms in total. The van der Waals surface area contributed by atoms with Crippen LogP contribution in [0.5, 0.6) is 0 Å². The molecule has 0 saturated carbocycles. The molecule has 0 spiro atoms. The fraction of sp³-hybridized carbons (Fsp3) is 0.800. The molecule has 7 heteroatoms. The zero-order valence-electron chi connectivity index (χ0n) is 6.54. The van der Waals surface area contributed by atoms with Crippen LogP contribution in [-0.4, -0.2) is 51.3 Å². The minimum Gasteiger partial charge on any atom is -0.547 e. The van der Waals surface area contributed by atoms with Crippen LogP contribution in [0, 0.1) is 0 Å². The average Bonchev–Trinajstić information content (AvgIpc) is 2.00. The molecule has 12 heavy (non-hydrogen) atoms. The Morgan fingerprint density at radius 2 is 1.75 bits per heavy atom. The van der Waals surface area contributed by atoms with Crippen molar-refractivity contribution in [3.8, 4) is 0 Å². The summed E-state index contributed by atoms with van der Waals surface area (Å²) in [4.78, 5) is 9.85. The fourth-order valence-electron chi connectivity index (χ4n) is 0.458. The monoisotopic (exact) mass is 183 g/mol. The maximum Gasteiger partial charge on any atom is 0.122 e. The molecule has 0 bridgehead atoms. The molecule has 0 aromatic heterocycles. The summed E-state index contributed by atoms with van der Waals surface area (Å²) in [5.74, 6) is -1.90. The van der Waals surface area contributed by atoms with E-state index in [-0.39, 0.29) is 6.15 Å². The van der Waals surface area contributed by atoms with Crippen LogP contribution in [0.4, 0.5) is 0 Å². The highest BCUT2D eigenvalue weighted by Gasteiger charge is 2.24. The van der Waals surface area contributed by atoms with Crippen molar-refractivity contribution in [2.24, 2.45) is 0 Å². The largest absolute Gasteiger partial charge is 0.547 e. The highest BCUT2D eigenvalue weighted by atomic mass is 16.4. The molecule has 3 atom stereocenters. The van der Waals surface area contributed by atoms with Crippen LogP contribution in [0.15, 0.2) is 0 Å². The maximum atomic E-state index is 9.85. The third-order valence-corrected chi connectivity index (χ3v) is 1.15. The molecule has 0 aromatic rings. The second-order valence-electron chi connectivity index (χ2n) is 2.00. The van der Waals surface area contributed by atoms with Gasteiger partial charge >= 0.3 is 0 Å². The highest BCUT2D eigenvalue weighted by Crippen LogP contribution is 1.98. The van der Waals surface area contributed by atoms with Crippen LogP contribution in [-0.2, 0) is 4.79 Å². The molecule has 74 valence electrons. The van der Waals surface area contributed by atoms with E-state index >= 15 is 0 Å². The molecule has 0 rings (SSSR count). The predicted molar refractivity (Wildman–Crippen MR) is 36.1 cm³/mol. The van der Waals surface area contributed by atoms with Crippen molar-refractivity contribution in [1.82, 2.24) is 6.15 Å². The first-order valence-corrected chi connectivity index (χ1v) is 2.86. The first kappa shape index (κ1) is 13.8. The second-order valence-corrected chi connectivity index (χ2v) is 2.00. The number of carboxylic acids is 1. The smallest absolute Gasteiger partial charge is 0.122 e. The van der Waals surface area contributed by atoms with Gasteiger partial charge < -0.3 is 36.5 Å². The Morgan fingerprint density at radius 1 is 1.33 bits per heavy atom. The van der Waals surface area contributed by atoms with Crippen molar-refractivity contribution in [3.05, 3.63) is 0 Å². The molecule has 0 fully saturated rings. The highest BCUT2D eigenvalue weighted by molar-refractivity contribution is 5.70. The number of hydrogen-bond acceptors (Lipinski definition) is 6. The van der Waals surface area contributed by atoms with Crippen molar-refractivity contribution < 1.29 is 30.3 Å². The molecule has 0 amide bonds. The van der Waals surface area contributed by atoms with Crippen molar-refractivity contribution in [3.63, 3.8) is 0 Å². The second kappa shape index (κ2) is 5.86.